The van der Waals surface area contributed by atoms with Gasteiger partial charge in [0.2, 0.25) is 0 Å². The number of hydrogen-bond acceptors (Lipinski definition) is 3. The molecule has 0 unspecified atom stereocenters. The van der Waals surface area contributed by atoms with Crippen LogP contribution in [0.3, 0.4) is 0 Å². The van der Waals surface area contributed by atoms with Gasteiger partial charge >= 0.3 is 5.97 Å². The SMILES string of the molecule is CCOC(=O)c1nc[nH]c1-c1ccc(Cl)cc1. The van der Waals surface area contributed by atoms with E-state index in [0.717, 1.165) is 5.56 Å². The molecule has 1 N–H and O–H groups in total. The molecule has 0 atom stereocenters. The second kappa shape index (κ2) is 5.01. The Labute approximate surface area is 104 Å². The molecule has 1 heterocycles. The van der Waals surface area contributed by atoms with E-state index in [9.17, 15) is 4.79 Å². The van der Waals surface area contributed by atoms with Gasteiger partial charge in [-0.2, -0.15) is 0 Å². The molecule has 1 aromatic heterocycles. The molecule has 0 aliphatic heterocycles. The van der Waals surface area contributed by atoms with Gasteiger partial charge in [0.05, 0.1) is 18.6 Å². The second-order valence-corrected chi connectivity index (χ2v) is 3.79. The molecule has 2 aromatic rings. The van der Waals surface area contributed by atoms with E-state index in [1.165, 1.54) is 6.33 Å². The molecule has 0 aliphatic carbocycles. The van der Waals surface area contributed by atoms with Crippen LogP contribution in [0.15, 0.2) is 30.6 Å². The number of nitrogens with one attached hydrogen (secondary N) is 1. The number of rotatable bonds is 3. The van der Waals surface area contributed by atoms with Gasteiger partial charge in [0.15, 0.2) is 5.69 Å². The van der Waals surface area contributed by atoms with Crippen molar-refractivity contribution in [3.63, 3.8) is 0 Å². The minimum absolute atomic E-state index is 0.286. The van der Waals surface area contributed by atoms with Crippen LogP contribution in [-0.2, 0) is 4.74 Å². The van der Waals surface area contributed by atoms with Crippen molar-refractivity contribution in [1.29, 1.82) is 0 Å². The summed E-state index contributed by atoms with van der Waals surface area (Å²) < 4.78 is 4.92. The molecule has 5 heteroatoms. The largest absolute Gasteiger partial charge is 0.461 e. The van der Waals surface area contributed by atoms with Crippen LogP contribution in [-0.4, -0.2) is 22.5 Å². The Morgan fingerprint density at radius 1 is 1.41 bits per heavy atom. The van der Waals surface area contributed by atoms with Gasteiger partial charge in [-0.3, -0.25) is 0 Å². The Kier molecular flexibility index (Phi) is 3.44. The Bertz CT molecular complexity index is 520. The summed E-state index contributed by atoms with van der Waals surface area (Å²) in [5, 5.41) is 0.644. The van der Waals surface area contributed by atoms with Crippen molar-refractivity contribution >= 4 is 17.6 Å². The fourth-order valence-corrected chi connectivity index (χ4v) is 1.61. The topological polar surface area (TPSA) is 55.0 Å². The van der Waals surface area contributed by atoms with E-state index < -0.39 is 5.97 Å². The first-order chi connectivity index (χ1) is 8.22. The third-order valence-electron chi connectivity index (χ3n) is 2.24. The van der Waals surface area contributed by atoms with Gasteiger partial charge in [0, 0.05) is 10.6 Å². The average molecular weight is 251 g/mol. The average Bonchev–Trinajstić information content (AvgIpc) is 2.79. The monoisotopic (exact) mass is 250 g/mol. The number of carbonyl (C=O) groups excluding carboxylic acids is 1. The molecular weight excluding hydrogens is 240 g/mol. The molecule has 0 saturated carbocycles. The van der Waals surface area contributed by atoms with Gasteiger partial charge in [0.1, 0.15) is 0 Å². The number of benzene rings is 1. The number of ether oxygens (including phenoxy) is 1. The maximum atomic E-state index is 11.6. The Balaban J connectivity index is 2.36. The minimum Gasteiger partial charge on any atom is -0.461 e. The zero-order valence-corrected chi connectivity index (χ0v) is 9.99. The lowest BCUT2D eigenvalue weighted by molar-refractivity contribution is 0.0521. The van der Waals surface area contributed by atoms with Crippen molar-refractivity contribution < 1.29 is 9.53 Å². The van der Waals surface area contributed by atoms with Crippen LogP contribution in [0.5, 0.6) is 0 Å². The lowest BCUT2D eigenvalue weighted by atomic mass is 10.1. The summed E-state index contributed by atoms with van der Waals surface area (Å²) in [7, 11) is 0. The summed E-state index contributed by atoms with van der Waals surface area (Å²) in [5.41, 5.74) is 1.77. The summed E-state index contributed by atoms with van der Waals surface area (Å²) >= 11 is 5.81. The molecule has 0 radical (unpaired) electrons. The lowest BCUT2D eigenvalue weighted by Crippen LogP contribution is -2.06. The van der Waals surface area contributed by atoms with Crippen LogP contribution in [0.4, 0.5) is 0 Å². The van der Waals surface area contributed by atoms with Gasteiger partial charge in [0.25, 0.3) is 0 Å². The number of carbonyl (C=O) groups is 1. The predicted molar refractivity (Wildman–Crippen MR) is 65.0 cm³/mol. The van der Waals surface area contributed by atoms with Crippen molar-refractivity contribution in [2.45, 2.75) is 6.92 Å². The third-order valence-corrected chi connectivity index (χ3v) is 2.49. The molecule has 0 saturated heterocycles. The summed E-state index contributed by atoms with van der Waals surface area (Å²) in [6, 6.07) is 7.15. The van der Waals surface area contributed by atoms with Gasteiger partial charge in [-0.1, -0.05) is 23.7 Å². The molecule has 0 fully saturated rings. The first-order valence-electron chi connectivity index (χ1n) is 5.18. The van der Waals surface area contributed by atoms with Crippen LogP contribution in [0.1, 0.15) is 17.4 Å². The number of imidazole rings is 1. The van der Waals surface area contributed by atoms with E-state index in [1.54, 1.807) is 19.1 Å². The summed E-state index contributed by atoms with van der Waals surface area (Å²) in [6.07, 6.45) is 1.47. The molecule has 0 bridgehead atoms. The van der Waals surface area contributed by atoms with Crippen molar-refractivity contribution in [2.24, 2.45) is 0 Å². The summed E-state index contributed by atoms with van der Waals surface area (Å²) in [5.74, 6) is -0.432. The van der Waals surface area contributed by atoms with Crippen LogP contribution in [0, 0.1) is 0 Å². The van der Waals surface area contributed by atoms with E-state index in [4.69, 9.17) is 16.3 Å². The van der Waals surface area contributed by atoms with Gasteiger partial charge in [-0.05, 0) is 19.1 Å². The van der Waals surface area contributed by atoms with E-state index in [1.807, 2.05) is 12.1 Å². The van der Waals surface area contributed by atoms with E-state index in [0.29, 0.717) is 17.3 Å². The maximum absolute atomic E-state index is 11.6. The molecular formula is C12H11ClN2O2. The molecule has 0 amide bonds. The summed E-state index contributed by atoms with van der Waals surface area (Å²) in [6.45, 7) is 2.08. The number of aromatic nitrogens is 2. The molecule has 2 rings (SSSR count). The number of halogens is 1. The molecule has 88 valence electrons. The molecule has 1 aromatic carbocycles. The highest BCUT2D eigenvalue weighted by Gasteiger charge is 2.16. The number of nitrogens with zero attached hydrogens (tertiary/aromatic N) is 1. The van der Waals surface area contributed by atoms with E-state index >= 15 is 0 Å². The Hall–Kier alpha value is -1.81. The van der Waals surface area contributed by atoms with E-state index in [2.05, 4.69) is 9.97 Å². The van der Waals surface area contributed by atoms with Crippen LogP contribution < -0.4 is 0 Å². The number of H-pyrrole nitrogens is 1. The zero-order valence-electron chi connectivity index (χ0n) is 9.24. The van der Waals surface area contributed by atoms with Crippen molar-refractivity contribution in [2.75, 3.05) is 6.61 Å². The minimum atomic E-state index is -0.432. The highest BCUT2D eigenvalue weighted by Crippen LogP contribution is 2.22. The molecule has 0 spiro atoms. The van der Waals surface area contributed by atoms with Crippen LogP contribution in [0.25, 0.3) is 11.3 Å². The van der Waals surface area contributed by atoms with Gasteiger partial charge in [-0.15, -0.1) is 0 Å². The maximum Gasteiger partial charge on any atom is 0.359 e. The normalized spacial score (nSPS) is 10.2. The predicted octanol–water partition coefficient (Wildman–Crippen LogP) is 2.91. The molecule has 0 aliphatic rings. The van der Waals surface area contributed by atoms with Crippen LogP contribution >= 0.6 is 11.6 Å². The van der Waals surface area contributed by atoms with E-state index in [-0.39, 0.29) is 5.69 Å². The van der Waals surface area contributed by atoms with Gasteiger partial charge < -0.3 is 9.72 Å². The van der Waals surface area contributed by atoms with Crippen molar-refractivity contribution in [3.8, 4) is 11.3 Å². The first kappa shape index (κ1) is 11.7. The molecule has 4 nitrogen and oxygen atoms in total. The van der Waals surface area contributed by atoms with Crippen molar-refractivity contribution in [1.82, 2.24) is 9.97 Å². The first-order valence-corrected chi connectivity index (χ1v) is 5.56. The highest BCUT2D eigenvalue weighted by molar-refractivity contribution is 6.30. The summed E-state index contributed by atoms with van der Waals surface area (Å²) in [4.78, 5) is 18.5. The van der Waals surface area contributed by atoms with Crippen LogP contribution in [0.2, 0.25) is 5.02 Å². The molecule has 17 heavy (non-hydrogen) atoms. The fraction of sp³-hybridized carbons (Fsp3) is 0.167. The lowest BCUT2D eigenvalue weighted by Gasteiger charge is -2.02. The Morgan fingerprint density at radius 2 is 2.12 bits per heavy atom. The number of esters is 1. The zero-order chi connectivity index (χ0) is 12.3. The third kappa shape index (κ3) is 2.47. The quantitative estimate of drug-likeness (QED) is 0.852. The number of aromatic amines is 1. The van der Waals surface area contributed by atoms with Gasteiger partial charge in [-0.25, -0.2) is 9.78 Å². The Morgan fingerprint density at radius 3 is 2.76 bits per heavy atom. The standard InChI is InChI=1S/C12H11ClN2O2/c1-2-17-12(16)11-10(14-7-15-11)8-3-5-9(13)6-4-8/h3-7H,2H2,1H3,(H,14,15). The fourth-order valence-electron chi connectivity index (χ4n) is 1.49. The number of hydrogen-bond donors (Lipinski definition) is 1. The smallest absolute Gasteiger partial charge is 0.359 e. The second-order valence-electron chi connectivity index (χ2n) is 3.35. The van der Waals surface area contributed by atoms with Crippen molar-refractivity contribution in [3.05, 3.63) is 41.3 Å². The highest BCUT2D eigenvalue weighted by atomic mass is 35.5.